The van der Waals surface area contributed by atoms with Gasteiger partial charge in [-0.3, -0.25) is 4.79 Å². The van der Waals surface area contributed by atoms with Crippen LogP contribution >= 0.6 is 0 Å². The number of halogens is 1. The summed E-state index contributed by atoms with van der Waals surface area (Å²) in [6.45, 7) is 4.34. The van der Waals surface area contributed by atoms with Crippen LogP contribution in [-0.2, 0) is 4.79 Å². The second kappa shape index (κ2) is 5.20. The predicted molar refractivity (Wildman–Crippen MR) is 82.6 cm³/mol. The average molecular weight is 284 g/mol. The van der Waals surface area contributed by atoms with Crippen molar-refractivity contribution in [1.29, 1.82) is 0 Å². The van der Waals surface area contributed by atoms with Gasteiger partial charge in [-0.15, -0.1) is 0 Å². The standard InChI is InChI=1S/C17H17FN2O/c1-11-3-5-13(6-4-11)20-8-7-17(21)19-15-10-14(18)12(2)9-16(15)20/h3-6,9-10H,7-8H2,1-2H3,(H,19,21). The van der Waals surface area contributed by atoms with Gasteiger partial charge in [-0.1, -0.05) is 17.7 Å². The third-order valence-corrected chi connectivity index (χ3v) is 3.75. The van der Waals surface area contributed by atoms with Crippen LogP contribution < -0.4 is 10.2 Å². The molecule has 0 saturated carbocycles. The minimum absolute atomic E-state index is 0.0888. The molecule has 108 valence electrons. The van der Waals surface area contributed by atoms with E-state index in [0.717, 1.165) is 11.4 Å². The highest BCUT2D eigenvalue weighted by atomic mass is 19.1. The van der Waals surface area contributed by atoms with Crippen molar-refractivity contribution in [1.82, 2.24) is 0 Å². The highest BCUT2D eigenvalue weighted by Gasteiger charge is 2.21. The first-order valence-corrected chi connectivity index (χ1v) is 6.99. The second-order valence-electron chi connectivity index (χ2n) is 5.40. The summed E-state index contributed by atoms with van der Waals surface area (Å²) in [5.74, 6) is -0.395. The van der Waals surface area contributed by atoms with Crippen LogP contribution in [-0.4, -0.2) is 12.5 Å². The van der Waals surface area contributed by atoms with E-state index in [4.69, 9.17) is 0 Å². The maximum Gasteiger partial charge on any atom is 0.226 e. The third kappa shape index (κ3) is 2.61. The minimum Gasteiger partial charge on any atom is -0.339 e. The Morgan fingerprint density at radius 3 is 2.57 bits per heavy atom. The molecule has 0 fully saturated rings. The lowest BCUT2D eigenvalue weighted by Crippen LogP contribution is -2.19. The zero-order valence-corrected chi connectivity index (χ0v) is 12.1. The van der Waals surface area contributed by atoms with Crippen LogP contribution in [0.25, 0.3) is 0 Å². The molecular formula is C17H17FN2O. The molecule has 0 unspecified atom stereocenters. The van der Waals surface area contributed by atoms with Crippen LogP contribution in [0, 0.1) is 19.7 Å². The zero-order valence-electron chi connectivity index (χ0n) is 12.1. The van der Waals surface area contributed by atoms with Gasteiger partial charge in [-0.2, -0.15) is 0 Å². The summed E-state index contributed by atoms with van der Waals surface area (Å²) in [5.41, 5.74) is 4.12. The molecule has 0 bridgehead atoms. The first kappa shape index (κ1) is 13.6. The largest absolute Gasteiger partial charge is 0.339 e. The maximum absolute atomic E-state index is 13.8. The topological polar surface area (TPSA) is 32.3 Å². The summed E-state index contributed by atoms with van der Waals surface area (Å²) < 4.78 is 13.8. The maximum atomic E-state index is 13.8. The Morgan fingerprint density at radius 2 is 1.86 bits per heavy atom. The Labute approximate surface area is 123 Å². The fraction of sp³-hybridized carbons (Fsp3) is 0.235. The molecule has 2 aromatic rings. The average Bonchev–Trinajstić information content (AvgIpc) is 2.60. The lowest BCUT2D eigenvalue weighted by Gasteiger charge is -2.25. The Morgan fingerprint density at radius 1 is 1.14 bits per heavy atom. The van der Waals surface area contributed by atoms with Gasteiger partial charge in [-0.25, -0.2) is 4.39 Å². The molecule has 0 aromatic heterocycles. The third-order valence-electron chi connectivity index (χ3n) is 3.75. The smallest absolute Gasteiger partial charge is 0.226 e. The van der Waals surface area contributed by atoms with Gasteiger partial charge in [0.25, 0.3) is 0 Å². The molecule has 21 heavy (non-hydrogen) atoms. The number of hydrogen-bond acceptors (Lipinski definition) is 2. The lowest BCUT2D eigenvalue weighted by molar-refractivity contribution is -0.115. The van der Waals surface area contributed by atoms with E-state index in [-0.39, 0.29) is 11.7 Å². The summed E-state index contributed by atoms with van der Waals surface area (Å²) >= 11 is 0. The summed E-state index contributed by atoms with van der Waals surface area (Å²) in [6.07, 6.45) is 0.378. The summed E-state index contributed by atoms with van der Waals surface area (Å²) in [7, 11) is 0. The molecule has 1 N–H and O–H groups in total. The number of aryl methyl sites for hydroxylation is 2. The zero-order chi connectivity index (χ0) is 15.0. The molecular weight excluding hydrogens is 267 g/mol. The monoisotopic (exact) mass is 284 g/mol. The SMILES string of the molecule is Cc1ccc(N2CCC(=O)Nc3cc(F)c(C)cc32)cc1. The molecule has 3 nitrogen and oxygen atoms in total. The van der Waals surface area contributed by atoms with Crippen LogP contribution in [0.15, 0.2) is 36.4 Å². The van der Waals surface area contributed by atoms with E-state index in [9.17, 15) is 9.18 Å². The van der Waals surface area contributed by atoms with E-state index < -0.39 is 0 Å². The van der Waals surface area contributed by atoms with Gasteiger partial charge in [0.05, 0.1) is 11.4 Å². The van der Waals surface area contributed by atoms with Crippen LogP contribution in [0.3, 0.4) is 0 Å². The number of anilines is 3. The van der Waals surface area contributed by atoms with Crippen LogP contribution in [0.2, 0.25) is 0 Å². The number of rotatable bonds is 1. The second-order valence-corrected chi connectivity index (χ2v) is 5.40. The fourth-order valence-corrected chi connectivity index (χ4v) is 2.53. The van der Waals surface area contributed by atoms with Crippen LogP contribution in [0.5, 0.6) is 0 Å². The molecule has 0 atom stereocenters. The molecule has 0 radical (unpaired) electrons. The minimum atomic E-state index is -0.306. The Balaban J connectivity index is 2.12. The lowest BCUT2D eigenvalue weighted by atomic mass is 10.1. The molecule has 2 aromatic carbocycles. The van der Waals surface area contributed by atoms with Crippen LogP contribution in [0.1, 0.15) is 17.5 Å². The quantitative estimate of drug-likeness (QED) is 0.860. The first-order chi connectivity index (χ1) is 10.0. The van der Waals surface area contributed by atoms with Crippen molar-refractivity contribution in [3.8, 4) is 0 Å². The van der Waals surface area contributed by atoms with Gasteiger partial charge >= 0.3 is 0 Å². The highest BCUT2D eigenvalue weighted by molar-refractivity contribution is 5.97. The molecule has 3 rings (SSSR count). The van der Waals surface area contributed by atoms with E-state index in [1.807, 2.05) is 31.2 Å². The first-order valence-electron chi connectivity index (χ1n) is 6.99. The molecule has 1 amide bonds. The molecule has 4 heteroatoms. The molecule has 0 aliphatic carbocycles. The number of carbonyl (C=O) groups is 1. The van der Waals surface area contributed by atoms with Gasteiger partial charge in [0.2, 0.25) is 5.91 Å². The molecule has 1 aliphatic rings. The fourth-order valence-electron chi connectivity index (χ4n) is 2.53. The molecule has 0 spiro atoms. The Bertz CT molecular complexity index is 695. The predicted octanol–water partition coefficient (Wildman–Crippen LogP) is 3.92. The van der Waals surface area contributed by atoms with E-state index in [1.165, 1.54) is 11.6 Å². The number of benzene rings is 2. The van der Waals surface area contributed by atoms with Crippen molar-refractivity contribution in [3.63, 3.8) is 0 Å². The van der Waals surface area contributed by atoms with Gasteiger partial charge in [0, 0.05) is 18.7 Å². The normalized spacial score (nSPS) is 14.4. The van der Waals surface area contributed by atoms with Gasteiger partial charge in [0.15, 0.2) is 0 Å². The van der Waals surface area contributed by atoms with Crippen molar-refractivity contribution in [2.45, 2.75) is 20.3 Å². The Hall–Kier alpha value is -2.36. The van der Waals surface area contributed by atoms with Crippen molar-refractivity contribution >= 4 is 23.0 Å². The van der Waals surface area contributed by atoms with Crippen molar-refractivity contribution in [2.24, 2.45) is 0 Å². The molecule has 1 aliphatic heterocycles. The van der Waals surface area contributed by atoms with E-state index in [0.29, 0.717) is 24.2 Å². The number of hydrogen-bond donors (Lipinski definition) is 1. The number of nitrogens with zero attached hydrogens (tertiary/aromatic N) is 1. The van der Waals surface area contributed by atoms with E-state index in [2.05, 4.69) is 10.2 Å². The number of amides is 1. The van der Waals surface area contributed by atoms with Crippen molar-refractivity contribution in [3.05, 3.63) is 53.3 Å². The van der Waals surface area contributed by atoms with E-state index >= 15 is 0 Å². The number of nitrogens with one attached hydrogen (secondary N) is 1. The Kier molecular flexibility index (Phi) is 3.37. The molecule has 1 heterocycles. The van der Waals surface area contributed by atoms with Gasteiger partial charge in [0.1, 0.15) is 5.82 Å². The van der Waals surface area contributed by atoms with Crippen LogP contribution in [0.4, 0.5) is 21.5 Å². The van der Waals surface area contributed by atoms with Gasteiger partial charge in [-0.05, 0) is 43.7 Å². The summed E-state index contributed by atoms with van der Waals surface area (Å²) in [5, 5.41) is 2.78. The van der Waals surface area contributed by atoms with Crippen molar-refractivity contribution in [2.75, 3.05) is 16.8 Å². The number of carbonyl (C=O) groups excluding carboxylic acids is 1. The summed E-state index contributed by atoms with van der Waals surface area (Å²) in [4.78, 5) is 13.9. The van der Waals surface area contributed by atoms with E-state index in [1.54, 1.807) is 13.0 Å². The highest BCUT2D eigenvalue weighted by Crippen LogP contribution is 2.36. The van der Waals surface area contributed by atoms with Gasteiger partial charge < -0.3 is 10.2 Å². The van der Waals surface area contributed by atoms with Crippen molar-refractivity contribution < 1.29 is 9.18 Å². The summed E-state index contributed by atoms with van der Waals surface area (Å²) in [6, 6.07) is 11.3. The number of fused-ring (bicyclic) bond motifs is 1. The molecule has 0 saturated heterocycles.